The molecule has 1 aromatic carbocycles. The van der Waals surface area contributed by atoms with Crippen LogP contribution in [0.3, 0.4) is 0 Å². The summed E-state index contributed by atoms with van der Waals surface area (Å²) >= 11 is 0. The van der Waals surface area contributed by atoms with Gasteiger partial charge in [0.2, 0.25) is 5.95 Å². The number of anilines is 1. The Bertz CT molecular complexity index is 805. The quantitative estimate of drug-likeness (QED) is 0.866. The number of piperazine rings is 1. The molecule has 0 unspecified atom stereocenters. The van der Waals surface area contributed by atoms with Gasteiger partial charge in [-0.15, -0.1) is 0 Å². The van der Waals surface area contributed by atoms with Crippen molar-refractivity contribution in [1.29, 1.82) is 0 Å². The Morgan fingerprint density at radius 3 is 2.50 bits per heavy atom. The van der Waals surface area contributed by atoms with Crippen LogP contribution in [-0.4, -0.2) is 59.0 Å². The predicted octanol–water partition coefficient (Wildman–Crippen LogP) is 2.84. The highest BCUT2D eigenvalue weighted by Gasteiger charge is 2.21. The van der Waals surface area contributed by atoms with Gasteiger partial charge in [0, 0.05) is 44.5 Å². The molecule has 6 heteroatoms. The molecule has 2 aromatic rings. The molecule has 1 amide bonds. The lowest BCUT2D eigenvalue weighted by Crippen LogP contribution is -2.47. The van der Waals surface area contributed by atoms with Crippen molar-refractivity contribution >= 4 is 17.9 Å². The van der Waals surface area contributed by atoms with E-state index < -0.39 is 0 Å². The number of amides is 1. The topological polar surface area (TPSA) is 61.4 Å². The van der Waals surface area contributed by atoms with Crippen LogP contribution in [0, 0.1) is 0 Å². The second kappa shape index (κ2) is 8.97. The lowest BCUT2D eigenvalue weighted by molar-refractivity contribution is 0.0914. The number of rotatable bonds is 5. The van der Waals surface area contributed by atoms with E-state index in [-0.39, 0.29) is 11.4 Å². The van der Waals surface area contributed by atoms with Crippen molar-refractivity contribution < 1.29 is 4.79 Å². The van der Waals surface area contributed by atoms with Gasteiger partial charge >= 0.3 is 0 Å². The maximum absolute atomic E-state index is 12.3. The molecule has 148 valence electrons. The van der Waals surface area contributed by atoms with Gasteiger partial charge in [-0.05, 0) is 32.4 Å². The Morgan fingerprint density at radius 1 is 1.11 bits per heavy atom. The van der Waals surface area contributed by atoms with Crippen LogP contribution in [0.2, 0.25) is 0 Å². The van der Waals surface area contributed by atoms with E-state index in [0.29, 0.717) is 11.6 Å². The zero-order valence-electron chi connectivity index (χ0n) is 16.9. The van der Waals surface area contributed by atoms with E-state index in [1.165, 1.54) is 5.56 Å². The molecule has 0 atom stereocenters. The molecule has 1 N–H and O–H groups in total. The summed E-state index contributed by atoms with van der Waals surface area (Å²) in [5, 5.41) is 2.95. The molecule has 0 saturated carbocycles. The van der Waals surface area contributed by atoms with Crippen molar-refractivity contribution in [2.24, 2.45) is 0 Å². The van der Waals surface area contributed by atoms with Gasteiger partial charge in [0.1, 0.15) is 5.69 Å². The Kier molecular flexibility index (Phi) is 6.41. The average molecular weight is 380 g/mol. The highest BCUT2D eigenvalue weighted by molar-refractivity contribution is 5.92. The van der Waals surface area contributed by atoms with Crippen molar-refractivity contribution in [2.45, 2.75) is 26.3 Å². The van der Waals surface area contributed by atoms with Crippen molar-refractivity contribution in [3.63, 3.8) is 0 Å². The van der Waals surface area contributed by atoms with Crippen molar-refractivity contribution in [1.82, 2.24) is 20.2 Å². The number of carbonyl (C=O) groups is 1. The first-order chi connectivity index (χ1) is 13.4. The van der Waals surface area contributed by atoms with Crippen LogP contribution >= 0.6 is 0 Å². The molecule has 2 heterocycles. The van der Waals surface area contributed by atoms with Gasteiger partial charge in [0.05, 0.1) is 0 Å². The fraction of sp³-hybridized carbons (Fsp3) is 0.409. The van der Waals surface area contributed by atoms with Crippen LogP contribution in [0.25, 0.3) is 6.08 Å². The van der Waals surface area contributed by atoms with Gasteiger partial charge < -0.3 is 10.2 Å². The maximum atomic E-state index is 12.3. The highest BCUT2D eigenvalue weighted by atomic mass is 16.2. The summed E-state index contributed by atoms with van der Waals surface area (Å²) in [7, 11) is 0. The lowest BCUT2D eigenvalue weighted by atomic mass is 10.1. The smallest absolute Gasteiger partial charge is 0.270 e. The molecule has 1 aliphatic heterocycles. The van der Waals surface area contributed by atoms with Crippen LogP contribution < -0.4 is 10.2 Å². The minimum atomic E-state index is -0.291. The van der Waals surface area contributed by atoms with Gasteiger partial charge in [0.15, 0.2) is 0 Å². The number of aromatic nitrogens is 2. The summed E-state index contributed by atoms with van der Waals surface area (Å²) in [6.45, 7) is 10.4. The molecule has 0 bridgehead atoms. The number of nitrogens with one attached hydrogen (secondary N) is 1. The highest BCUT2D eigenvalue weighted by Crippen LogP contribution is 2.12. The van der Waals surface area contributed by atoms with E-state index in [1.54, 1.807) is 12.3 Å². The Morgan fingerprint density at radius 2 is 1.82 bits per heavy atom. The van der Waals surface area contributed by atoms with E-state index in [4.69, 9.17) is 0 Å². The van der Waals surface area contributed by atoms with E-state index >= 15 is 0 Å². The normalized spacial score (nSPS) is 15.8. The first-order valence-electron chi connectivity index (χ1n) is 9.75. The van der Waals surface area contributed by atoms with Gasteiger partial charge in [-0.2, -0.15) is 0 Å². The van der Waals surface area contributed by atoms with E-state index in [0.717, 1.165) is 32.7 Å². The number of carbonyl (C=O) groups excluding carboxylic acids is 1. The van der Waals surface area contributed by atoms with Crippen LogP contribution in [0.5, 0.6) is 0 Å². The zero-order chi connectivity index (χ0) is 20.0. The van der Waals surface area contributed by atoms with Crippen LogP contribution in [0.4, 0.5) is 5.95 Å². The van der Waals surface area contributed by atoms with E-state index in [9.17, 15) is 4.79 Å². The number of nitrogens with zero attached hydrogens (tertiary/aromatic N) is 4. The second-order valence-corrected chi connectivity index (χ2v) is 8.05. The maximum Gasteiger partial charge on any atom is 0.270 e. The Labute approximate surface area is 167 Å². The molecular formula is C22H29N5O. The van der Waals surface area contributed by atoms with E-state index in [1.807, 2.05) is 39.0 Å². The van der Waals surface area contributed by atoms with Gasteiger partial charge in [0.25, 0.3) is 5.91 Å². The third-order valence-electron chi connectivity index (χ3n) is 4.49. The van der Waals surface area contributed by atoms with Crippen LogP contribution in [0.15, 0.2) is 48.7 Å². The Hall–Kier alpha value is -2.73. The standard InChI is InChI=1S/C22H29N5O/c1-22(2,3)25-20(28)19-11-12-23-21(24-19)27-16-14-26(15-17-27)13-7-10-18-8-5-4-6-9-18/h4-12H,13-17H2,1-3H3,(H,25,28)/b10-7+. The molecule has 1 aromatic heterocycles. The molecule has 0 spiro atoms. The summed E-state index contributed by atoms with van der Waals surface area (Å²) in [6, 6.07) is 12.0. The molecule has 0 aliphatic carbocycles. The van der Waals surface area contributed by atoms with Gasteiger partial charge in [-0.3, -0.25) is 9.69 Å². The molecule has 28 heavy (non-hydrogen) atoms. The van der Waals surface area contributed by atoms with Crippen molar-refractivity contribution in [3.8, 4) is 0 Å². The largest absolute Gasteiger partial charge is 0.346 e. The molecular weight excluding hydrogens is 350 g/mol. The summed E-state index contributed by atoms with van der Waals surface area (Å²) in [4.78, 5) is 25.7. The fourth-order valence-electron chi connectivity index (χ4n) is 3.06. The molecule has 6 nitrogen and oxygen atoms in total. The van der Waals surface area contributed by atoms with Crippen molar-refractivity contribution in [2.75, 3.05) is 37.6 Å². The molecule has 3 rings (SSSR count). The zero-order valence-corrected chi connectivity index (χ0v) is 16.9. The molecule has 1 saturated heterocycles. The summed E-state index contributed by atoms with van der Waals surface area (Å²) < 4.78 is 0. The SMILES string of the molecule is CC(C)(C)NC(=O)c1ccnc(N2CCN(C/C=C/c3ccccc3)CC2)n1. The first kappa shape index (κ1) is 20.0. The molecule has 0 radical (unpaired) electrons. The van der Waals surface area contributed by atoms with Crippen LogP contribution in [0.1, 0.15) is 36.8 Å². The number of hydrogen-bond donors (Lipinski definition) is 1. The van der Waals surface area contributed by atoms with Gasteiger partial charge in [-0.1, -0.05) is 42.5 Å². The second-order valence-electron chi connectivity index (χ2n) is 8.05. The molecule has 1 fully saturated rings. The van der Waals surface area contributed by atoms with Gasteiger partial charge in [-0.25, -0.2) is 9.97 Å². The summed E-state index contributed by atoms with van der Waals surface area (Å²) in [5.41, 5.74) is 1.34. The summed E-state index contributed by atoms with van der Waals surface area (Å²) in [5.74, 6) is 0.460. The van der Waals surface area contributed by atoms with Crippen molar-refractivity contribution in [3.05, 3.63) is 59.9 Å². The lowest BCUT2D eigenvalue weighted by Gasteiger charge is -2.34. The van der Waals surface area contributed by atoms with E-state index in [2.05, 4.69) is 49.4 Å². The summed E-state index contributed by atoms with van der Waals surface area (Å²) in [6.07, 6.45) is 6.03. The predicted molar refractivity (Wildman–Crippen MR) is 113 cm³/mol. The van der Waals surface area contributed by atoms with Crippen LogP contribution in [-0.2, 0) is 0 Å². The Balaban J connectivity index is 1.53. The monoisotopic (exact) mass is 379 g/mol. The third-order valence-corrected chi connectivity index (χ3v) is 4.49. The number of benzene rings is 1. The minimum Gasteiger partial charge on any atom is -0.346 e. The third kappa shape index (κ3) is 5.89. The number of hydrogen-bond acceptors (Lipinski definition) is 5. The minimum absolute atomic E-state index is 0.166. The first-order valence-corrected chi connectivity index (χ1v) is 9.75. The molecule has 1 aliphatic rings. The fourth-order valence-corrected chi connectivity index (χ4v) is 3.06. The average Bonchev–Trinajstić information content (AvgIpc) is 2.68.